The Bertz CT molecular complexity index is 1360. The van der Waals surface area contributed by atoms with Crippen LogP contribution in [0.25, 0.3) is 10.9 Å². The average molecular weight is 538 g/mol. The summed E-state index contributed by atoms with van der Waals surface area (Å²) in [5.74, 6) is 1.19. The molecule has 0 radical (unpaired) electrons. The summed E-state index contributed by atoms with van der Waals surface area (Å²) in [6, 6.07) is 9.11. The number of rotatable bonds is 7. The van der Waals surface area contributed by atoms with Crippen molar-refractivity contribution < 1.29 is 14.3 Å². The normalized spacial score (nSPS) is 14.4. The fraction of sp³-hybridized carbons (Fsp3) is 0.333. The Hall–Kier alpha value is -3.26. The summed E-state index contributed by atoms with van der Waals surface area (Å²) in [6.45, 7) is 5.14. The Kier molecular flexibility index (Phi) is 7.80. The Morgan fingerprint density at radius 1 is 1.26 bits per heavy atom. The van der Waals surface area contributed by atoms with Crippen LogP contribution < -0.4 is 15.0 Å². The highest BCUT2D eigenvalue weighted by atomic mass is 79.9. The first-order chi connectivity index (χ1) is 16.9. The summed E-state index contributed by atoms with van der Waals surface area (Å²) in [7, 11) is 1.51. The SMILES string of the molecule is C=CCc1cc(C=Nn2c(C3CCCCC3)nc3ccc(Br)cc3c2=O)cc(OC)c1OC(C)=O. The third-order valence-electron chi connectivity index (χ3n) is 6.11. The van der Waals surface area contributed by atoms with Crippen molar-refractivity contribution in [2.24, 2.45) is 5.10 Å². The number of ether oxygens (including phenoxy) is 2. The van der Waals surface area contributed by atoms with Crippen LogP contribution in [-0.2, 0) is 11.2 Å². The number of carbonyl (C=O) groups is 1. The summed E-state index contributed by atoms with van der Waals surface area (Å²) in [6.07, 6.45) is 9.21. The van der Waals surface area contributed by atoms with Crippen LogP contribution in [0.1, 0.15) is 61.9 Å². The van der Waals surface area contributed by atoms with Gasteiger partial charge in [0.05, 0.1) is 24.2 Å². The lowest BCUT2D eigenvalue weighted by molar-refractivity contribution is -0.132. The highest BCUT2D eigenvalue weighted by Gasteiger charge is 2.22. The Labute approximate surface area is 212 Å². The predicted molar refractivity (Wildman–Crippen MR) is 141 cm³/mol. The van der Waals surface area contributed by atoms with Gasteiger partial charge < -0.3 is 9.47 Å². The Balaban J connectivity index is 1.84. The van der Waals surface area contributed by atoms with Gasteiger partial charge in [0, 0.05) is 22.9 Å². The quantitative estimate of drug-likeness (QED) is 0.166. The van der Waals surface area contributed by atoms with Crippen LogP contribution in [0.4, 0.5) is 0 Å². The number of hydrogen-bond acceptors (Lipinski definition) is 6. The molecule has 0 spiro atoms. The van der Waals surface area contributed by atoms with E-state index < -0.39 is 5.97 Å². The van der Waals surface area contributed by atoms with Gasteiger partial charge in [0.2, 0.25) is 0 Å². The summed E-state index contributed by atoms with van der Waals surface area (Å²) < 4.78 is 13.1. The van der Waals surface area contributed by atoms with Crippen LogP contribution >= 0.6 is 15.9 Å². The van der Waals surface area contributed by atoms with E-state index in [1.807, 2.05) is 18.2 Å². The first-order valence-electron chi connectivity index (χ1n) is 11.7. The minimum absolute atomic E-state index is 0.179. The number of hydrogen-bond donors (Lipinski definition) is 0. The molecule has 1 saturated carbocycles. The zero-order valence-electron chi connectivity index (χ0n) is 19.9. The van der Waals surface area contributed by atoms with Crippen molar-refractivity contribution in [3.05, 3.63) is 74.8 Å². The Morgan fingerprint density at radius 2 is 2.03 bits per heavy atom. The van der Waals surface area contributed by atoms with Crippen molar-refractivity contribution in [2.45, 2.75) is 51.4 Å². The maximum absolute atomic E-state index is 13.5. The van der Waals surface area contributed by atoms with Gasteiger partial charge in [0.25, 0.3) is 5.56 Å². The van der Waals surface area contributed by atoms with Gasteiger partial charge in [0.1, 0.15) is 5.82 Å². The first-order valence-corrected chi connectivity index (χ1v) is 12.5. The van der Waals surface area contributed by atoms with E-state index in [0.29, 0.717) is 40.2 Å². The molecule has 7 nitrogen and oxygen atoms in total. The summed E-state index contributed by atoms with van der Waals surface area (Å²) in [4.78, 5) is 30.0. The molecule has 1 aromatic heterocycles. The van der Waals surface area contributed by atoms with Crippen molar-refractivity contribution >= 4 is 39.0 Å². The van der Waals surface area contributed by atoms with Gasteiger partial charge in [-0.1, -0.05) is 41.3 Å². The van der Waals surface area contributed by atoms with Gasteiger partial charge in [-0.3, -0.25) is 9.59 Å². The molecule has 1 aliphatic rings. The van der Waals surface area contributed by atoms with Crippen LogP contribution in [0, 0.1) is 0 Å². The summed E-state index contributed by atoms with van der Waals surface area (Å²) in [5, 5.41) is 5.12. The molecule has 1 heterocycles. The van der Waals surface area contributed by atoms with Crippen molar-refractivity contribution in [1.29, 1.82) is 0 Å². The lowest BCUT2D eigenvalue weighted by atomic mass is 9.88. The highest BCUT2D eigenvalue weighted by molar-refractivity contribution is 9.10. The third-order valence-corrected chi connectivity index (χ3v) is 6.60. The second-order valence-electron chi connectivity index (χ2n) is 8.63. The Morgan fingerprint density at radius 3 is 2.71 bits per heavy atom. The molecule has 4 rings (SSSR count). The van der Waals surface area contributed by atoms with Crippen molar-refractivity contribution in [3.8, 4) is 11.5 Å². The molecule has 0 atom stereocenters. The van der Waals surface area contributed by atoms with E-state index in [1.165, 1.54) is 25.1 Å². The summed E-state index contributed by atoms with van der Waals surface area (Å²) in [5.41, 5.74) is 1.90. The number of carbonyl (C=O) groups excluding carboxylic acids is 1. The number of allylic oxidation sites excluding steroid dienone is 1. The standard InChI is InChI=1S/C27H28BrN3O4/c1-4-8-20-13-18(14-24(34-3)25(20)35-17(2)32)16-29-31-26(19-9-6-5-7-10-19)30-23-12-11-21(28)15-22(23)27(31)33/h4,11-16,19H,1,5-10H2,2-3H3. The molecule has 0 saturated heterocycles. The second kappa shape index (κ2) is 11.0. The van der Waals surface area contributed by atoms with E-state index >= 15 is 0 Å². The number of benzene rings is 2. The van der Waals surface area contributed by atoms with Gasteiger partial charge in [-0.25, -0.2) is 4.98 Å². The maximum Gasteiger partial charge on any atom is 0.308 e. The van der Waals surface area contributed by atoms with E-state index in [1.54, 1.807) is 24.4 Å². The van der Waals surface area contributed by atoms with Gasteiger partial charge in [-0.05, 0) is 55.2 Å². The van der Waals surface area contributed by atoms with Crippen LogP contribution in [0.3, 0.4) is 0 Å². The zero-order chi connectivity index (χ0) is 24.9. The van der Waals surface area contributed by atoms with E-state index in [0.717, 1.165) is 35.7 Å². The molecule has 0 bridgehead atoms. The van der Waals surface area contributed by atoms with E-state index in [-0.39, 0.29) is 11.5 Å². The van der Waals surface area contributed by atoms with Crippen LogP contribution in [0.15, 0.2) is 57.4 Å². The number of halogens is 1. The van der Waals surface area contributed by atoms with E-state index in [2.05, 4.69) is 27.6 Å². The molecule has 182 valence electrons. The lowest BCUT2D eigenvalue weighted by Gasteiger charge is -2.22. The van der Waals surface area contributed by atoms with E-state index in [9.17, 15) is 9.59 Å². The fourth-order valence-corrected chi connectivity index (χ4v) is 4.86. The van der Waals surface area contributed by atoms with Gasteiger partial charge in [-0.2, -0.15) is 9.78 Å². The number of nitrogens with zero attached hydrogens (tertiary/aromatic N) is 3. The van der Waals surface area contributed by atoms with Crippen molar-refractivity contribution in [1.82, 2.24) is 9.66 Å². The van der Waals surface area contributed by atoms with Crippen molar-refractivity contribution in [3.63, 3.8) is 0 Å². The number of methoxy groups -OCH3 is 1. The average Bonchev–Trinajstić information content (AvgIpc) is 2.85. The molecule has 1 fully saturated rings. The topological polar surface area (TPSA) is 82.8 Å². The molecule has 8 heteroatoms. The number of aromatic nitrogens is 2. The molecule has 0 N–H and O–H groups in total. The number of esters is 1. The first kappa shape index (κ1) is 24.9. The molecule has 0 unspecified atom stereocenters. The molecule has 2 aromatic carbocycles. The van der Waals surface area contributed by atoms with Crippen LogP contribution in [0.5, 0.6) is 11.5 Å². The lowest BCUT2D eigenvalue weighted by Crippen LogP contribution is -2.25. The minimum atomic E-state index is -0.438. The van der Waals surface area contributed by atoms with Gasteiger partial charge in [-0.15, -0.1) is 6.58 Å². The largest absolute Gasteiger partial charge is 0.493 e. The molecular formula is C27H28BrN3O4. The fourth-order valence-electron chi connectivity index (χ4n) is 4.50. The molecule has 0 aliphatic heterocycles. The molecular weight excluding hydrogens is 510 g/mol. The second-order valence-corrected chi connectivity index (χ2v) is 9.54. The molecule has 1 aliphatic carbocycles. The monoisotopic (exact) mass is 537 g/mol. The van der Waals surface area contributed by atoms with Crippen LogP contribution in [-0.4, -0.2) is 29.0 Å². The molecule has 0 amide bonds. The maximum atomic E-state index is 13.5. The molecule has 3 aromatic rings. The highest BCUT2D eigenvalue weighted by Crippen LogP contribution is 2.34. The van der Waals surface area contributed by atoms with Gasteiger partial charge >= 0.3 is 5.97 Å². The van der Waals surface area contributed by atoms with E-state index in [4.69, 9.17) is 14.5 Å². The van der Waals surface area contributed by atoms with Crippen LogP contribution in [0.2, 0.25) is 0 Å². The number of fused-ring (bicyclic) bond motifs is 1. The predicted octanol–water partition coefficient (Wildman–Crippen LogP) is 5.75. The minimum Gasteiger partial charge on any atom is -0.493 e. The molecule has 35 heavy (non-hydrogen) atoms. The van der Waals surface area contributed by atoms with Crippen molar-refractivity contribution in [2.75, 3.05) is 7.11 Å². The van der Waals surface area contributed by atoms with Gasteiger partial charge in [0.15, 0.2) is 11.5 Å². The smallest absolute Gasteiger partial charge is 0.308 e. The third kappa shape index (κ3) is 5.53. The zero-order valence-corrected chi connectivity index (χ0v) is 21.5. The summed E-state index contributed by atoms with van der Waals surface area (Å²) >= 11 is 3.45.